The van der Waals surface area contributed by atoms with Crippen molar-refractivity contribution >= 4 is 61.5 Å². The van der Waals surface area contributed by atoms with Crippen LogP contribution in [0.15, 0.2) is 147 Å². The summed E-state index contributed by atoms with van der Waals surface area (Å²) in [6.45, 7) is 0. The summed E-state index contributed by atoms with van der Waals surface area (Å²) in [4.78, 5) is 5.32. The number of hydrogen-bond acceptors (Lipinski definition) is 3. The van der Waals surface area contributed by atoms with Gasteiger partial charge < -0.3 is 5.32 Å². The van der Waals surface area contributed by atoms with E-state index in [9.17, 15) is 0 Å². The molecule has 1 N–H and O–H groups in total. The highest BCUT2D eigenvalue weighted by Crippen LogP contribution is 2.49. The van der Waals surface area contributed by atoms with Crippen LogP contribution in [0.3, 0.4) is 0 Å². The quantitative estimate of drug-likeness (QED) is 0.221. The number of nitrogens with one attached hydrogen (secondary N) is 1. The topological polar surface area (TPSA) is 12.0 Å². The first-order chi connectivity index (χ1) is 19.8. The van der Waals surface area contributed by atoms with Crippen molar-refractivity contribution in [1.29, 1.82) is 0 Å². The fourth-order valence-corrected chi connectivity index (χ4v) is 8.22. The van der Waals surface area contributed by atoms with E-state index in [1.165, 1.54) is 74.2 Å². The molecule has 0 saturated carbocycles. The van der Waals surface area contributed by atoms with E-state index >= 15 is 0 Å². The minimum Gasteiger partial charge on any atom is -0.388 e. The molecule has 0 aliphatic carbocycles. The Morgan fingerprint density at radius 2 is 0.900 bits per heavy atom. The van der Waals surface area contributed by atoms with Crippen LogP contribution in [0.2, 0.25) is 0 Å². The zero-order valence-electron chi connectivity index (χ0n) is 21.9. The minimum absolute atomic E-state index is 1.13. The fraction of sp³-hybridized carbons (Fsp3) is 0.0270. The van der Waals surface area contributed by atoms with Crippen LogP contribution in [0.4, 0.5) is 5.69 Å². The molecule has 190 valence electrons. The second-order valence-corrected chi connectivity index (χ2v) is 12.3. The molecular formula is C37H25NS2. The number of rotatable bonds is 3. The second-order valence-electron chi connectivity index (χ2n) is 10.2. The largest absolute Gasteiger partial charge is 0.388 e. The maximum absolute atomic E-state index is 3.49. The average Bonchev–Trinajstić information content (AvgIpc) is 3.03. The molecule has 0 saturated heterocycles. The number of hydrogen-bond donors (Lipinski definition) is 1. The molecule has 0 radical (unpaired) electrons. The van der Waals surface area contributed by atoms with Crippen LogP contribution >= 0.6 is 23.5 Å². The minimum atomic E-state index is 1.13. The molecule has 0 atom stereocenters. The van der Waals surface area contributed by atoms with Crippen LogP contribution in [-0.2, 0) is 0 Å². The molecular weight excluding hydrogens is 523 g/mol. The van der Waals surface area contributed by atoms with Gasteiger partial charge in [0.2, 0.25) is 0 Å². The molecule has 0 aromatic heterocycles. The number of anilines is 1. The van der Waals surface area contributed by atoms with Crippen LogP contribution < -0.4 is 5.32 Å². The van der Waals surface area contributed by atoms with E-state index in [0.29, 0.717) is 0 Å². The number of benzene rings is 7. The van der Waals surface area contributed by atoms with Crippen molar-refractivity contribution in [3.63, 3.8) is 0 Å². The van der Waals surface area contributed by atoms with Gasteiger partial charge in [0, 0.05) is 37.9 Å². The van der Waals surface area contributed by atoms with Gasteiger partial charge >= 0.3 is 0 Å². The van der Waals surface area contributed by atoms with Gasteiger partial charge in [0.1, 0.15) is 0 Å². The lowest BCUT2D eigenvalue weighted by molar-refractivity contribution is 1.16. The highest BCUT2D eigenvalue weighted by molar-refractivity contribution is 8.05. The smallest absolute Gasteiger partial charge is 0.0423 e. The molecule has 1 aliphatic rings. The third kappa shape index (κ3) is 3.81. The van der Waals surface area contributed by atoms with Gasteiger partial charge in [-0.25, -0.2) is 0 Å². The Hall–Kier alpha value is -4.18. The molecule has 7 aromatic rings. The summed E-state index contributed by atoms with van der Waals surface area (Å²) < 4.78 is 0. The van der Waals surface area contributed by atoms with Crippen LogP contribution in [0, 0.1) is 0 Å². The summed E-state index contributed by atoms with van der Waals surface area (Å²) in [5.74, 6) is 0. The summed E-state index contributed by atoms with van der Waals surface area (Å²) in [6, 6.07) is 46.8. The van der Waals surface area contributed by atoms with Crippen molar-refractivity contribution in [3.8, 4) is 22.3 Å². The Balaban J connectivity index is 1.23. The van der Waals surface area contributed by atoms with Crippen LogP contribution in [0.25, 0.3) is 54.6 Å². The molecule has 0 spiro atoms. The molecule has 40 heavy (non-hydrogen) atoms. The number of fused-ring (bicyclic) bond motifs is 8. The first kappa shape index (κ1) is 23.7. The molecule has 8 rings (SSSR count). The van der Waals surface area contributed by atoms with Gasteiger partial charge in [-0.2, -0.15) is 0 Å². The monoisotopic (exact) mass is 547 g/mol. The summed E-state index contributed by atoms with van der Waals surface area (Å²) >= 11 is 3.73. The molecule has 7 aromatic carbocycles. The van der Waals surface area contributed by atoms with Gasteiger partial charge in [-0.15, -0.1) is 0 Å². The second kappa shape index (κ2) is 9.48. The highest BCUT2D eigenvalue weighted by atomic mass is 32.2. The molecule has 1 nitrogen and oxygen atoms in total. The van der Waals surface area contributed by atoms with Crippen molar-refractivity contribution in [2.75, 3.05) is 12.4 Å². The van der Waals surface area contributed by atoms with E-state index in [4.69, 9.17) is 0 Å². The van der Waals surface area contributed by atoms with Gasteiger partial charge in [-0.05, 0) is 85.4 Å². The van der Waals surface area contributed by atoms with Crippen molar-refractivity contribution in [2.45, 2.75) is 19.6 Å². The molecule has 0 unspecified atom stereocenters. The average molecular weight is 548 g/mol. The summed E-state index contributed by atoms with van der Waals surface area (Å²) in [6.07, 6.45) is 0. The van der Waals surface area contributed by atoms with Crippen molar-refractivity contribution in [3.05, 3.63) is 127 Å². The molecule has 0 bridgehead atoms. The van der Waals surface area contributed by atoms with Gasteiger partial charge in [-0.3, -0.25) is 0 Å². The lowest BCUT2D eigenvalue weighted by Gasteiger charge is -2.19. The zero-order chi connectivity index (χ0) is 26.6. The predicted octanol–water partition coefficient (Wildman–Crippen LogP) is 11.1. The van der Waals surface area contributed by atoms with Gasteiger partial charge in [0.25, 0.3) is 0 Å². The molecule has 3 heteroatoms. The Labute approximate surface area is 242 Å². The molecule has 1 aliphatic heterocycles. The van der Waals surface area contributed by atoms with E-state index in [1.807, 2.05) is 30.6 Å². The lowest BCUT2D eigenvalue weighted by atomic mass is 9.91. The van der Waals surface area contributed by atoms with E-state index in [2.05, 4.69) is 133 Å². The Morgan fingerprint density at radius 3 is 1.57 bits per heavy atom. The predicted molar refractivity (Wildman–Crippen MR) is 174 cm³/mol. The van der Waals surface area contributed by atoms with E-state index < -0.39 is 0 Å². The van der Waals surface area contributed by atoms with Crippen molar-refractivity contribution in [1.82, 2.24) is 0 Å². The first-order valence-electron chi connectivity index (χ1n) is 13.5. The SMILES string of the molecule is CNc1cc(-c2ccc3c(c2)Sc2ccccc2S3)ccc1-c1ccc2c3ccccc3c3ccccc3c2c1. The van der Waals surface area contributed by atoms with Crippen molar-refractivity contribution in [2.24, 2.45) is 0 Å². The fourth-order valence-electron chi connectivity index (χ4n) is 5.97. The van der Waals surface area contributed by atoms with Gasteiger partial charge in [-0.1, -0.05) is 115 Å². The van der Waals surface area contributed by atoms with E-state index in [-0.39, 0.29) is 0 Å². The third-order valence-corrected chi connectivity index (χ3v) is 10.5. The maximum Gasteiger partial charge on any atom is 0.0423 e. The van der Waals surface area contributed by atoms with Crippen LogP contribution in [0.5, 0.6) is 0 Å². The van der Waals surface area contributed by atoms with Crippen molar-refractivity contribution < 1.29 is 0 Å². The first-order valence-corrected chi connectivity index (χ1v) is 15.1. The Bertz CT molecular complexity index is 2080. The van der Waals surface area contributed by atoms with E-state index in [1.54, 1.807) is 0 Å². The van der Waals surface area contributed by atoms with Gasteiger partial charge in [0.05, 0.1) is 0 Å². The van der Waals surface area contributed by atoms with E-state index in [0.717, 1.165) is 5.69 Å². The normalized spacial score (nSPS) is 12.4. The van der Waals surface area contributed by atoms with Crippen LogP contribution in [0.1, 0.15) is 0 Å². The third-order valence-electron chi connectivity index (χ3n) is 7.91. The highest BCUT2D eigenvalue weighted by Gasteiger charge is 2.18. The zero-order valence-corrected chi connectivity index (χ0v) is 23.6. The van der Waals surface area contributed by atoms with Crippen LogP contribution in [-0.4, -0.2) is 7.05 Å². The molecule has 1 heterocycles. The summed E-state index contributed by atoms with van der Waals surface area (Å²) in [7, 11) is 2.02. The lowest BCUT2D eigenvalue weighted by Crippen LogP contribution is -1.94. The Kier molecular flexibility index (Phi) is 5.61. The maximum atomic E-state index is 3.49. The standard InChI is InChI=1S/C37H25NS2/c1-38-33-21-23(24-16-19-36-37(22-24)40-35-13-7-6-12-34(35)39-36)14-17-26(33)25-15-18-31-29-10-3-2-8-27(29)28-9-4-5-11-30(28)32(31)20-25/h2-22,38H,1H3. The summed E-state index contributed by atoms with van der Waals surface area (Å²) in [5, 5.41) is 11.3. The Morgan fingerprint density at radius 1 is 0.400 bits per heavy atom. The molecule has 0 fully saturated rings. The molecule has 0 amide bonds. The van der Waals surface area contributed by atoms with Gasteiger partial charge in [0.15, 0.2) is 0 Å². The summed E-state index contributed by atoms with van der Waals surface area (Å²) in [5.41, 5.74) is 6.02.